The van der Waals surface area contributed by atoms with E-state index in [1.807, 2.05) is 54.6 Å². The Hall–Kier alpha value is -2.49. The van der Waals surface area contributed by atoms with Gasteiger partial charge in [-0.2, -0.15) is 0 Å². The molecule has 2 aromatic carbocycles. The Morgan fingerprint density at radius 2 is 1.74 bits per heavy atom. The van der Waals surface area contributed by atoms with Gasteiger partial charge < -0.3 is 15.8 Å². The summed E-state index contributed by atoms with van der Waals surface area (Å²) in [7, 11) is 0. The first kappa shape index (κ1) is 13.0. The first-order chi connectivity index (χ1) is 9.16. The lowest BCUT2D eigenvalue weighted by atomic mass is 10.2. The normalized spacial score (nSPS) is 11.6. The molecule has 4 heteroatoms. The minimum atomic E-state index is -0.458. The summed E-state index contributed by atoms with van der Waals surface area (Å²) in [6.45, 7) is 1.71. The lowest BCUT2D eigenvalue weighted by Gasteiger charge is -2.15. The summed E-state index contributed by atoms with van der Waals surface area (Å²) in [5.74, 6) is 0.986. The van der Waals surface area contributed by atoms with E-state index in [0.29, 0.717) is 5.75 Å². The zero-order valence-electron chi connectivity index (χ0n) is 10.7. The molecule has 0 saturated carbocycles. The van der Waals surface area contributed by atoms with Crippen molar-refractivity contribution in [1.29, 1.82) is 0 Å². The lowest BCUT2D eigenvalue weighted by Crippen LogP contribution is -2.32. The van der Waals surface area contributed by atoms with Gasteiger partial charge in [0.2, 0.25) is 5.91 Å². The number of carbonyl (C=O) groups is 1. The zero-order chi connectivity index (χ0) is 13.7. The molecular weight excluding hydrogens is 240 g/mol. The first-order valence-corrected chi connectivity index (χ1v) is 6.04. The van der Waals surface area contributed by atoms with Gasteiger partial charge in [0, 0.05) is 0 Å². The highest BCUT2D eigenvalue weighted by molar-refractivity contribution is 5.83. The lowest BCUT2D eigenvalue weighted by molar-refractivity contribution is -0.118. The van der Waals surface area contributed by atoms with Crippen LogP contribution in [-0.2, 0) is 4.79 Å². The van der Waals surface area contributed by atoms with Gasteiger partial charge in [0.15, 0.2) is 5.75 Å². The van der Waals surface area contributed by atoms with Gasteiger partial charge in [-0.3, -0.25) is 4.79 Å². The van der Waals surface area contributed by atoms with Gasteiger partial charge in [0.1, 0.15) is 11.8 Å². The number of rotatable bonds is 5. The van der Waals surface area contributed by atoms with Crippen molar-refractivity contribution in [3.05, 3.63) is 54.6 Å². The molecule has 0 fully saturated rings. The van der Waals surface area contributed by atoms with E-state index in [0.717, 1.165) is 11.4 Å². The van der Waals surface area contributed by atoms with Crippen molar-refractivity contribution in [2.24, 2.45) is 5.73 Å². The second-order valence-corrected chi connectivity index (χ2v) is 4.18. The summed E-state index contributed by atoms with van der Waals surface area (Å²) in [5.41, 5.74) is 5.98. The quantitative estimate of drug-likeness (QED) is 0.864. The fourth-order valence-electron chi connectivity index (χ4n) is 1.59. The molecule has 0 spiro atoms. The maximum absolute atomic E-state index is 11.1. The van der Waals surface area contributed by atoms with Gasteiger partial charge in [-0.1, -0.05) is 30.3 Å². The smallest absolute Gasteiger partial charge is 0.239 e. The third-order valence-corrected chi connectivity index (χ3v) is 2.66. The number of nitrogens with two attached hydrogens (primary N) is 1. The molecule has 0 saturated heterocycles. The fraction of sp³-hybridized carbons (Fsp3) is 0.133. The van der Waals surface area contributed by atoms with Crippen LogP contribution in [0.4, 0.5) is 5.69 Å². The van der Waals surface area contributed by atoms with E-state index >= 15 is 0 Å². The average Bonchev–Trinajstić information content (AvgIpc) is 2.42. The predicted octanol–water partition coefficient (Wildman–Crippen LogP) is 2.76. The largest absolute Gasteiger partial charge is 0.455 e. The maximum atomic E-state index is 11.1. The van der Waals surface area contributed by atoms with Gasteiger partial charge in [0.05, 0.1) is 5.69 Å². The molecule has 0 aliphatic heterocycles. The number of amides is 1. The van der Waals surface area contributed by atoms with Gasteiger partial charge in [-0.05, 0) is 31.2 Å². The van der Waals surface area contributed by atoms with E-state index in [1.165, 1.54) is 0 Å². The van der Waals surface area contributed by atoms with Crippen molar-refractivity contribution in [3.63, 3.8) is 0 Å². The highest BCUT2D eigenvalue weighted by Gasteiger charge is 2.11. The van der Waals surface area contributed by atoms with Crippen LogP contribution in [0.2, 0.25) is 0 Å². The number of benzene rings is 2. The molecule has 1 amide bonds. The van der Waals surface area contributed by atoms with Gasteiger partial charge >= 0.3 is 0 Å². The summed E-state index contributed by atoms with van der Waals surface area (Å²) in [4.78, 5) is 11.1. The molecular formula is C15H16N2O2. The number of hydrogen-bond acceptors (Lipinski definition) is 3. The molecule has 2 rings (SSSR count). The molecule has 0 unspecified atom stereocenters. The molecule has 0 radical (unpaired) electrons. The SMILES string of the molecule is C[C@H](Nc1ccccc1Oc1ccccc1)C(N)=O. The van der Waals surface area contributed by atoms with Crippen molar-refractivity contribution < 1.29 is 9.53 Å². The van der Waals surface area contributed by atoms with Crippen LogP contribution in [0, 0.1) is 0 Å². The highest BCUT2D eigenvalue weighted by Crippen LogP contribution is 2.29. The Morgan fingerprint density at radius 1 is 1.11 bits per heavy atom. The third-order valence-electron chi connectivity index (χ3n) is 2.66. The molecule has 19 heavy (non-hydrogen) atoms. The molecule has 3 N–H and O–H groups in total. The summed E-state index contributed by atoms with van der Waals surface area (Å²) < 4.78 is 5.78. The van der Waals surface area contributed by atoms with Crippen molar-refractivity contribution in [3.8, 4) is 11.5 Å². The molecule has 0 bridgehead atoms. The van der Waals surface area contributed by atoms with E-state index in [4.69, 9.17) is 10.5 Å². The zero-order valence-corrected chi connectivity index (χ0v) is 10.7. The maximum Gasteiger partial charge on any atom is 0.239 e. The molecule has 1 atom stereocenters. The van der Waals surface area contributed by atoms with Crippen molar-refractivity contribution >= 4 is 11.6 Å². The minimum Gasteiger partial charge on any atom is -0.455 e. The number of anilines is 1. The first-order valence-electron chi connectivity index (χ1n) is 6.04. The van der Waals surface area contributed by atoms with Crippen molar-refractivity contribution in [2.45, 2.75) is 13.0 Å². The van der Waals surface area contributed by atoms with Gasteiger partial charge in [-0.25, -0.2) is 0 Å². The molecule has 2 aromatic rings. The third kappa shape index (κ3) is 3.48. The minimum absolute atomic E-state index is 0.408. The van der Waals surface area contributed by atoms with E-state index in [1.54, 1.807) is 6.92 Å². The molecule has 0 aliphatic rings. The second kappa shape index (κ2) is 5.91. The Bertz CT molecular complexity index is 555. The monoisotopic (exact) mass is 256 g/mol. The van der Waals surface area contributed by atoms with Gasteiger partial charge in [-0.15, -0.1) is 0 Å². The van der Waals surface area contributed by atoms with Crippen LogP contribution in [0.15, 0.2) is 54.6 Å². The fourth-order valence-corrected chi connectivity index (χ4v) is 1.59. The molecule has 0 aromatic heterocycles. The van der Waals surface area contributed by atoms with Gasteiger partial charge in [0.25, 0.3) is 0 Å². The number of primary amides is 1. The van der Waals surface area contributed by atoms with Crippen LogP contribution in [0.5, 0.6) is 11.5 Å². The predicted molar refractivity (Wildman–Crippen MR) is 75.2 cm³/mol. The molecule has 98 valence electrons. The molecule has 0 heterocycles. The summed E-state index contributed by atoms with van der Waals surface area (Å²) in [6, 6.07) is 16.4. The van der Waals surface area contributed by atoms with E-state index in [-0.39, 0.29) is 0 Å². The highest BCUT2D eigenvalue weighted by atomic mass is 16.5. The van der Waals surface area contributed by atoms with Crippen LogP contribution in [0.25, 0.3) is 0 Å². The Morgan fingerprint density at radius 3 is 2.42 bits per heavy atom. The average molecular weight is 256 g/mol. The van der Waals surface area contributed by atoms with Crippen LogP contribution in [0.3, 0.4) is 0 Å². The van der Waals surface area contributed by atoms with Crippen LogP contribution >= 0.6 is 0 Å². The summed E-state index contributed by atoms with van der Waals surface area (Å²) >= 11 is 0. The standard InChI is InChI=1S/C15H16N2O2/c1-11(15(16)18)17-13-9-5-6-10-14(13)19-12-7-3-2-4-8-12/h2-11,17H,1H3,(H2,16,18)/t11-/m0/s1. The number of nitrogens with one attached hydrogen (secondary N) is 1. The number of carbonyl (C=O) groups excluding carboxylic acids is 1. The Balaban J connectivity index is 2.19. The van der Waals surface area contributed by atoms with Crippen molar-refractivity contribution in [2.75, 3.05) is 5.32 Å². The van der Waals surface area contributed by atoms with Crippen molar-refractivity contribution in [1.82, 2.24) is 0 Å². The van der Waals surface area contributed by atoms with E-state index in [9.17, 15) is 4.79 Å². The Labute approximate surface area is 112 Å². The summed E-state index contributed by atoms with van der Waals surface area (Å²) in [5, 5.41) is 3.03. The second-order valence-electron chi connectivity index (χ2n) is 4.18. The van der Waals surface area contributed by atoms with Crippen LogP contribution in [-0.4, -0.2) is 11.9 Å². The Kier molecular flexibility index (Phi) is 4.03. The number of para-hydroxylation sites is 3. The molecule has 0 aliphatic carbocycles. The van der Waals surface area contributed by atoms with Crippen LogP contribution < -0.4 is 15.8 Å². The number of ether oxygens (including phenoxy) is 1. The topological polar surface area (TPSA) is 64.3 Å². The van der Waals surface area contributed by atoms with E-state index in [2.05, 4.69) is 5.32 Å². The number of hydrogen-bond donors (Lipinski definition) is 2. The van der Waals surface area contributed by atoms with E-state index < -0.39 is 11.9 Å². The summed E-state index contributed by atoms with van der Waals surface area (Å²) in [6.07, 6.45) is 0. The van der Waals surface area contributed by atoms with Crippen LogP contribution in [0.1, 0.15) is 6.92 Å². The molecule has 4 nitrogen and oxygen atoms in total.